The molecule has 112 valence electrons. The van der Waals surface area contributed by atoms with Crippen molar-refractivity contribution in [2.24, 2.45) is 16.6 Å². The molecule has 0 aromatic carbocycles. The molecule has 3 N–H and O–H groups in total. The summed E-state index contributed by atoms with van der Waals surface area (Å²) in [5.41, 5.74) is 6.87. The van der Waals surface area contributed by atoms with E-state index in [1.54, 1.807) is 0 Å². The van der Waals surface area contributed by atoms with Crippen molar-refractivity contribution in [3.63, 3.8) is 0 Å². The summed E-state index contributed by atoms with van der Waals surface area (Å²) in [7, 11) is 0. The van der Waals surface area contributed by atoms with Gasteiger partial charge >= 0.3 is 0 Å². The van der Waals surface area contributed by atoms with Gasteiger partial charge in [0.15, 0.2) is 5.96 Å². The van der Waals surface area contributed by atoms with E-state index in [0.29, 0.717) is 18.5 Å². The lowest BCUT2D eigenvalue weighted by atomic mass is 9.99. The Labute approximate surface area is 134 Å². The first-order valence-electron chi connectivity index (χ1n) is 6.91. The molecular formula is C14H29IN4. The zero-order valence-corrected chi connectivity index (χ0v) is 14.8. The molecule has 1 fully saturated rings. The van der Waals surface area contributed by atoms with Gasteiger partial charge in [-0.05, 0) is 39.2 Å². The lowest BCUT2D eigenvalue weighted by molar-refractivity contribution is 0.142. The first-order chi connectivity index (χ1) is 8.49. The van der Waals surface area contributed by atoms with Gasteiger partial charge in [-0.25, -0.2) is 0 Å². The van der Waals surface area contributed by atoms with Crippen molar-refractivity contribution < 1.29 is 0 Å². The van der Waals surface area contributed by atoms with Crippen LogP contribution in [0.1, 0.15) is 33.6 Å². The van der Waals surface area contributed by atoms with Gasteiger partial charge in [0.1, 0.15) is 0 Å². The standard InChI is InChI=1S/C14H28N4.HI/c1-11(2)8-16-14(15)17-9-13(4)18-7-5-6-12(3)10-18;/h12-13H,1,5-10H2,2-4H3,(H3,15,16,17);1H. The molecule has 0 amide bonds. The Hall–Kier alpha value is -0.300. The molecule has 2 atom stereocenters. The van der Waals surface area contributed by atoms with Gasteiger partial charge < -0.3 is 11.1 Å². The number of hydrogen-bond donors (Lipinski definition) is 2. The molecule has 0 aromatic rings. The van der Waals surface area contributed by atoms with Gasteiger partial charge in [0.2, 0.25) is 0 Å². The van der Waals surface area contributed by atoms with E-state index in [-0.39, 0.29) is 24.0 Å². The first kappa shape index (κ1) is 18.7. The van der Waals surface area contributed by atoms with Gasteiger partial charge in [-0.1, -0.05) is 19.1 Å². The SMILES string of the molecule is C=C(C)CNC(N)=NCC(C)N1CCCC(C)C1.I. The van der Waals surface area contributed by atoms with Gasteiger partial charge in [0.05, 0.1) is 6.54 Å². The van der Waals surface area contributed by atoms with E-state index in [4.69, 9.17) is 5.73 Å². The lowest BCUT2D eigenvalue weighted by Crippen LogP contribution is -2.43. The highest BCUT2D eigenvalue weighted by molar-refractivity contribution is 14.0. The van der Waals surface area contributed by atoms with Gasteiger partial charge in [-0.2, -0.15) is 0 Å². The highest BCUT2D eigenvalue weighted by Crippen LogP contribution is 2.17. The molecule has 1 saturated heterocycles. The number of likely N-dealkylation sites (tertiary alicyclic amines) is 1. The summed E-state index contributed by atoms with van der Waals surface area (Å²) in [6.07, 6.45) is 2.66. The Morgan fingerprint density at radius 3 is 2.84 bits per heavy atom. The van der Waals surface area contributed by atoms with E-state index in [2.05, 4.69) is 35.6 Å². The summed E-state index contributed by atoms with van der Waals surface area (Å²) in [5.74, 6) is 1.33. The molecule has 1 heterocycles. The van der Waals surface area contributed by atoms with Crippen molar-refractivity contribution >= 4 is 29.9 Å². The van der Waals surface area contributed by atoms with Crippen LogP contribution in [0.4, 0.5) is 0 Å². The van der Waals surface area contributed by atoms with Gasteiger partial charge in [-0.15, -0.1) is 24.0 Å². The van der Waals surface area contributed by atoms with E-state index in [0.717, 1.165) is 18.0 Å². The fourth-order valence-electron chi connectivity index (χ4n) is 2.27. The molecular weight excluding hydrogens is 351 g/mol. The number of nitrogens with zero attached hydrogens (tertiary/aromatic N) is 2. The number of halogens is 1. The predicted molar refractivity (Wildman–Crippen MR) is 94.2 cm³/mol. The Balaban J connectivity index is 0.00000324. The van der Waals surface area contributed by atoms with Crippen LogP contribution >= 0.6 is 24.0 Å². The van der Waals surface area contributed by atoms with E-state index in [1.165, 1.54) is 25.9 Å². The van der Waals surface area contributed by atoms with E-state index < -0.39 is 0 Å². The van der Waals surface area contributed by atoms with Crippen LogP contribution in [0.15, 0.2) is 17.1 Å². The molecule has 5 heteroatoms. The molecule has 0 saturated carbocycles. The second kappa shape index (κ2) is 9.58. The second-order valence-electron chi connectivity index (χ2n) is 5.63. The van der Waals surface area contributed by atoms with Crippen molar-refractivity contribution in [2.45, 2.75) is 39.7 Å². The summed E-state index contributed by atoms with van der Waals surface area (Å²) in [4.78, 5) is 6.91. The van der Waals surface area contributed by atoms with Crippen LogP contribution in [0.5, 0.6) is 0 Å². The monoisotopic (exact) mass is 380 g/mol. The molecule has 1 aliphatic heterocycles. The molecule has 2 unspecified atom stereocenters. The van der Waals surface area contributed by atoms with Crippen LogP contribution in [-0.4, -0.2) is 43.1 Å². The minimum atomic E-state index is 0. The van der Waals surface area contributed by atoms with Crippen LogP contribution in [0.3, 0.4) is 0 Å². The number of nitrogens with two attached hydrogens (primary N) is 1. The highest BCUT2D eigenvalue weighted by Gasteiger charge is 2.20. The van der Waals surface area contributed by atoms with Crippen LogP contribution in [0.2, 0.25) is 0 Å². The van der Waals surface area contributed by atoms with Crippen molar-refractivity contribution in [1.82, 2.24) is 10.2 Å². The normalized spacial score (nSPS) is 22.5. The quantitative estimate of drug-likeness (QED) is 0.333. The zero-order chi connectivity index (χ0) is 13.5. The zero-order valence-electron chi connectivity index (χ0n) is 12.5. The minimum Gasteiger partial charge on any atom is -0.370 e. The van der Waals surface area contributed by atoms with Crippen molar-refractivity contribution in [1.29, 1.82) is 0 Å². The third kappa shape index (κ3) is 7.77. The van der Waals surface area contributed by atoms with Gasteiger partial charge in [0.25, 0.3) is 0 Å². The molecule has 0 aliphatic carbocycles. The Kier molecular flexibility index (Phi) is 9.43. The predicted octanol–water partition coefficient (Wildman–Crippen LogP) is 2.21. The minimum absolute atomic E-state index is 0. The number of aliphatic imine (C=N–C) groups is 1. The molecule has 0 spiro atoms. The van der Waals surface area contributed by atoms with Crippen LogP contribution < -0.4 is 11.1 Å². The molecule has 0 bridgehead atoms. The Morgan fingerprint density at radius 1 is 1.58 bits per heavy atom. The maximum absolute atomic E-state index is 5.81. The molecule has 0 aromatic heterocycles. The summed E-state index contributed by atoms with van der Waals surface area (Å²) in [5, 5.41) is 3.06. The molecule has 0 radical (unpaired) electrons. The first-order valence-corrected chi connectivity index (χ1v) is 6.91. The van der Waals surface area contributed by atoms with Crippen LogP contribution in [0, 0.1) is 5.92 Å². The smallest absolute Gasteiger partial charge is 0.188 e. The van der Waals surface area contributed by atoms with E-state index in [1.807, 2.05) is 6.92 Å². The van der Waals surface area contributed by atoms with Crippen molar-refractivity contribution in [3.8, 4) is 0 Å². The number of piperidine rings is 1. The Bertz CT molecular complexity index is 304. The third-order valence-electron chi connectivity index (χ3n) is 3.41. The number of guanidine groups is 1. The van der Waals surface area contributed by atoms with Gasteiger partial charge in [0, 0.05) is 19.1 Å². The molecule has 1 aliphatic rings. The largest absolute Gasteiger partial charge is 0.370 e. The van der Waals surface area contributed by atoms with Gasteiger partial charge in [-0.3, -0.25) is 9.89 Å². The third-order valence-corrected chi connectivity index (χ3v) is 3.41. The summed E-state index contributed by atoms with van der Waals surface area (Å²) >= 11 is 0. The van der Waals surface area contributed by atoms with Crippen molar-refractivity contribution in [2.75, 3.05) is 26.2 Å². The summed E-state index contributed by atoms with van der Waals surface area (Å²) in [6, 6.07) is 0.470. The summed E-state index contributed by atoms with van der Waals surface area (Å²) < 4.78 is 0. The highest BCUT2D eigenvalue weighted by atomic mass is 127. The van der Waals surface area contributed by atoms with E-state index in [9.17, 15) is 0 Å². The lowest BCUT2D eigenvalue weighted by Gasteiger charge is -2.34. The van der Waals surface area contributed by atoms with Crippen molar-refractivity contribution in [3.05, 3.63) is 12.2 Å². The number of rotatable bonds is 5. The fraction of sp³-hybridized carbons (Fsp3) is 0.786. The average molecular weight is 380 g/mol. The maximum Gasteiger partial charge on any atom is 0.188 e. The average Bonchev–Trinajstić information content (AvgIpc) is 2.33. The molecule has 4 nitrogen and oxygen atoms in total. The molecule has 1 rings (SSSR count). The fourth-order valence-corrected chi connectivity index (χ4v) is 2.27. The maximum atomic E-state index is 5.81. The topological polar surface area (TPSA) is 53.6 Å². The van der Waals surface area contributed by atoms with Crippen LogP contribution in [-0.2, 0) is 0 Å². The number of nitrogens with one attached hydrogen (secondary N) is 1. The van der Waals surface area contributed by atoms with E-state index >= 15 is 0 Å². The molecule has 19 heavy (non-hydrogen) atoms. The second-order valence-corrected chi connectivity index (χ2v) is 5.63. The van der Waals surface area contributed by atoms with Crippen LogP contribution in [0.25, 0.3) is 0 Å². The number of hydrogen-bond acceptors (Lipinski definition) is 2. The summed E-state index contributed by atoms with van der Waals surface area (Å²) in [6.45, 7) is 14.2. The Morgan fingerprint density at radius 2 is 2.26 bits per heavy atom.